The SMILES string of the molecule is O=Cc1c(-c2cccs2)nc2sc(C3CCCCC3)nn12. The summed E-state index contributed by atoms with van der Waals surface area (Å²) in [5, 5.41) is 7.82. The summed E-state index contributed by atoms with van der Waals surface area (Å²) in [6.07, 6.45) is 7.21. The monoisotopic (exact) mass is 317 g/mol. The highest BCUT2D eigenvalue weighted by molar-refractivity contribution is 7.17. The summed E-state index contributed by atoms with van der Waals surface area (Å²) in [7, 11) is 0. The lowest BCUT2D eigenvalue weighted by molar-refractivity contribution is 0.111. The van der Waals surface area contributed by atoms with E-state index in [1.165, 1.54) is 32.1 Å². The summed E-state index contributed by atoms with van der Waals surface area (Å²) in [4.78, 5) is 18.0. The van der Waals surface area contributed by atoms with Crippen molar-refractivity contribution in [3.63, 3.8) is 0 Å². The van der Waals surface area contributed by atoms with Crippen LogP contribution in [0.1, 0.15) is 53.5 Å². The Morgan fingerprint density at radius 1 is 1.29 bits per heavy atom. The third-order valence-corrected chi connectivity index (χ3v) is 6.02. The number of aromatic nitrogens is 3. The Kier molecular flexibility index (Phi) is 3.35. The molecule has 1 aliphatic rings. The number of nitrogens with zero attached hydrogens (tertiary/aromatic N) is 3. The van der Waals surface area contributed by atoms with Crippen LogP contribution >= 0.6 is 22.7 Å². The van der Waals surface area contributed by atoms with E-state index >= 15 is 0 Å². The van der Waals surface area contributed by atoms with Gasteiger partial charge in [-0.25, -0.2) is 4.98 Å². The van der Waals surface area contributed by atoms with Crippen molar-refractivity contribution in [2.24, 2.45) is 0 Å². The Morgan fingerprint density at radius 3 is 2.86 bits per heavy atom. The topological polar surface area (TPSA) is 47.3 Å². The van der Waals surface area contributed by atoms with Crippen molar-refractivity contribution in [2.45, 2.75) is 38.0 Å². The van der Waals surface area contributed by atoms with E-state index in [9.17, 15) is 4.79 Å². The molecule has 1 aliphatic carbocycles. The summed E-state index contributed by atoms with van der Waals surface area (Å²) in [5.74, 6) is 0.551. The number of rotatable bonds is 3. The van der Waals surface area contributed by atoms with Gasteiger partial charge in [-0.2, -0.15) is 9.61 Å². The highest BCUT2D eigenvalue weighted by Gasteiger charge is 2.23. The number of aldehydes is 1. The molecule has 0 atom stereocenters. The Bertz CT molecular complexity index is 766. The first kappa shape index (κ1) is 13.2. The van der Waals surface area contributed by atoms with E-state index in [4.69, 9.17) is 0 Å². The molecule has 0 aliphatic heterocycles. The second-order valence-corrected chi connectivity index (χ2v) is 7.35. The molecule has 21 heavy (non-hydrogen) atoms. The Morgan fingerprint density at radius 2 is 2.14 bits per heavy atom. The van der Waals surface area contributed by atoms with Gasteiger partial charge in [0.2, 0.25) is 4.96 Å². The van der Waals surface area contributed by atoms with Gasteiger partial charge in [0.05, 0.1) is 4.88 Å². The van der Waals surface area contributed by atoms with Crippen molar-refractivity contribution < 1.29 is 4.79 Å². The lowest BCUT2D eigenvalue weighted by Crippen LogP contribution is -2.05. The zero-order valence-corrected chi connectivity index (χ0v) is 13.1. The lowest BCUT2D eigenvalue weighted by Gasteiger charge is -2.18. The van der Waals surface area contributed by atoms with Crippen LogP contribution in [0.15, 0.2) is 17.5 Å². The number of imidazole rings is 1. The predicted molar refractivity (Wildman–Crippen MR) is 85.4 cm³/mol. The Hall–Kier alpha value is -1.53. The first-order chi connectivity index (χ1) is 10.4. The molecule has 0 radical (unpaired) electrons. The van der Waals surface area contributed by atoms with Crippen molar-refractivity contribution >= 4 is 33.9 Å². The van der Waals surface area contributed by atoms with E-state index in [0.29, 0.717) is 11.6 Å². The number of hydrogen-bond donors (Lipinski definition) is 0. The molecule has 0 N–H and O–H groups in total. The Balaban J connectivity index is 1.79. The number of carbonyl (C=O) groups is 1. The van der Waals surface area contributed by atoms with Crippen LogP contribution in [0, 0.1) is 0 Å². The van der Waals surface area contributed by atoms with Crippen LogP contribution in [0.25, 0.3) is 15.5 Å². The predicted octanol–water partition coefficient (Wildman–Crippen LogP) is 4.38. The van der Waals surface area contributed by atoms with E-state index in [1.54, 1.807) is 27.2 Å². The molecule has 6 heteroatoms. The van der Waals surface area contributed by atoms with Crippen LogP contribution in [0.2, 0.25) is 0 Å². The van der Waals surface area contributed by atoms with Gasteiger partial charge < -0.3 is 0 Å². The lowest BCUT2D eigenvalue weighted by atomic mass is 9.90. The maximum atomic E-state index is 11.5. The van der Waals surface area contributed by atoms with Gasteiger partial charge in [0.25, 0.3) is 0 Å². The third kappa shape index (κ3) is 2.22. The highest BCUT2D eigenvalue weighted by Crippen LogP contribution is 2.36. The minimum absolute atomic E-state index is 0.551. The second-order valence-electron chi connectivity index (χ2n) is 5.41. The fourth-order valence-electron chi connectivity index (χ4n) is 2.99. The molecule has 0 aromatic carbocycles. The van der Waals surface area contributed by atoms with Gasteiger partial charge in [-0.15, -0.1) is 11.3 Å². The van der Waals surface area contributed by atoms with Crippen molar-refractivity contribution in [2.75, 3.05) is 0 Å². The molecule has 108 valence electrons. The number of carbonyl (C=O) groups excluding carboxylic acids is 1. The van der Waals surface area contributed by atoms with Crippen molar-refractivity contribution in [3.05, 3.63) is 28.2 Å². The average Bonchev–Trinajstić information content (AvgIpc) is 3.22. The number of fused-ring (bicyclic) bond motifs is 1. The van der Waals surface area contributed by atoms with Crippen LogP contribution in [-0.2, 0) is 0 Å². The van der Waals surface area contributed by atoms with Crippen molar-refractivity contribution in [1.29, 1.82) is 0 Å². The molecular formula is C15H15N3OS2. The molecule has 0 saturated heterocycles. The van der Waals surface area contributed by atoms with E-state index in [1.807, 2.05) is 17.5 Å². The molecular weight excluding hydrogens is 302 g/mol. The van der Waals surface area contributed by atoms with E-state index in [0.717, 1.165) is 26.8 Å². The maximum absolute atomic E-state index is 11.5. The molecule has 4 nitrogen and oxygen atoms in total. The zero-order chi connectivity index (χ0) is 14.2. The molecule has 0 bridgehead atoms. The first-order valence-corrected chi connectivity index (χ1v) is 8.95. The van der Waals surface area contributed by atoms with Gasteiger partial charge in [-0.3, -0.25) is 4.79 Å². The third-order valence-electron chi connectivity index (χ3n) is 4.07. The van der Waals surface area contributed by atoms with Crippen LogP contribution in [-0.4, -0.2) is 20.9 Å². The quantitative estimate of drug-likeness (QED) is 0.674. The molecule has 1 fully saturated rings. The fourth-order valence-corrected chi connectivity index (χ4v) is 4.79. The van der Waals surface area contributed by atoms with Gasteiger partial charge >= 0.3 is 0 Å². The molecule has 3 heterocycles. The van der Waals surface area contributed by atoms with Crippen molar-refractivity contribution in [3.8, 4) is 10.6 Å². The molecule has 3 aromatic rings. The highest BCUT2D eigenvalue weighted by atomic mass is 32.1. The van der Waals surface area contributed by atoms with E-state index in [-0.39, 0.29) is 0 Å². The Labute approximate surface area is 130 Å². The van der Waals surface area contributed by atoms with Gasteiger partial charge in [0.15, 0.2) is 6.29 Å². The van der Waals surface area contributed by atoms with Gasteiger partial charge in [0, 0.05) is 5.92 Å². The molecule has 0 spiro atoms. The molecule has 0 unspecified atom stereocenters. The molecule has 0 amide bonds. The first-order valence-electron chi connectivity index (χ1n) is 7.25. The number of hydrogen-bond acceptors (Lipinski definition) is 5. The average molecular weight is 317 g/mol. The van der Waals surface area contributed by atoms with Crippen LogP contribution in [0.3, 0.4) is 0 Å². The standard InChI is InChI=1S/C15H15N3OS2/c19-9-11-13(12-7-4-8-20-12)16-15-18(11)17-14(21-15)10-5-2-1-3-6-10/h4,7-10H,1-3,5-6H2. The maximum Gasteiger partial charge on any atom is 0.213 e. The summed E-state index contributed by atoms with van der Waals surface area (Å²) >= 11 is 3.24. The summed E-state index contributed by atoms with van der Waals surface area (Å²) in [6, 6.07) is 3.97. The van der Waals surface area contributed by atoms with Crippen LogP contribution in [0.4, 0.5) is 0 Å². The summed E-state index contributed by atoms with van der Waals surface area (Å²) in [5.41, 5.74) is 1.33. The van der Waals surface area contributed by atoms with Gasteiger partial charge in [-0.1, -0.05) is 36.7 Å². The van der Waals surface area contributed by atoms with Gasteiger partial charge in [-0.05, 0) is 24.3 Å². The van der Waals surface area contributed by atoms with Crippen LogP contribution < -0.4 is 0 Å². The van der Waals surface area contributed by atoms with E-state index in [2.05, 4.69) is 10.1 Å². The van der Waals surface area contributed by atoms with Crippen LogP contribution in [0.5, 0.6) is 0 Å². The number of thiophene rings is 1. The fraction of sp³-hybridized carbons (Fsp3) is 0.400. The zero-order valence-electron chi connectivity index (χ0n) is 11.5. The van der Waals surface area contributed by atoms with E-state index < -0.39 is 0 Å². The largest absolute Gasteiger partial charge is 0.296 e. The minimum Gasteiger partial charge on any atom is -0.296 e. The molecule has 3 aromatic heterocycles. The smallest absolute Gasteiger partial charge is 0.213 e. The normalized spacial score (nSPS) is 16.6. The summed E-state index contributed by atoms with van der Waals surface area (Å²) in [6.45, 7) is 0. The minimum atomic E-state index is 0.551. The summed E-state index contributed by atoms with van der Waals surface area (Å²) < 4.78 is 1.73. The molecule has 4 rings (SSSR count). The molecule has 1 saturated carbocycles. The second kappa shape index (κ2) is 5.35. The van der Waals surface area contributed by atoms with Gasteiger partial charge in [0.1, 0.15) is 16.4 Å². The van der Waals surface area contributed by atoms with Crippen molar-refractivity contribution in [1.82, 2.24) is 14.6 Å².